The molecule has 0 fully saturated rings. The van der Waals surface area contributed by atoms with E-state index in [1.165, 1.54) is 0 Å². The first-order valence-electron chi connectivity index (χ1n) is 5.05. The lowest BCUT2D eigenvalue weighted by molar-refractivity contribution is 0.144. The third-order valence-corrected chi connectivity index (χ3v) is 2.54. The van der Waals surface area contributed by atoms with Crippen molar-refractivity contribution in [1.29, 1.82) is 0 Å². The summed E-state index contributed by atoms with van der Waals surface area (Å²) in [5, 5.41) is 8.58. The maximum Gasteiger partial charge on any atom is 0.511 e. The highest BCUT2D eigenvalue weighted by molar-refractivity contribution is 5.62. The number of carbonyl (C=O) groups is 1. The van der Waals surface area contributed by atoms with Gasteiger partial charge in [-0.3, -0.25) is 0 Å². The Morgan fingerprint density at radius 1 is 1.38 bits per heavy atom. The van der Waals surface area contributed by atoms with Crippen LogP contribution >= 0.6 is 0 Å². The molecule has 0 atom stereocenters. The summed E-state index contributed by atoms with van der Waals surface area (Å²) < 4.78 is 9.72. The van der Waals surface area contributed by atoms with Gasteiger partial charge in [0.15, 0.2) is 0 Å². The maximum atomic E-state index is 10.5. The fourth-order valence-corrected chi connectivity index (χ4v) is 1.66. The molecule has 0 heterocycles. The highest BCUT2D eigenvalue weighted by atomic mass is 16.7. The van der Waals surface area contributed by atoms with E-state index in [0.29, 0.717) is 12.4 Å². The topological polar surface area (TPSA) is 55.8 Å². The molecule has 1 N–H and O–H groups in total. The molecule has 0 aromatic heterocycles. The molecule has 0 aliphatic carbocycles. The van der Waals surface area contributed by atoms with E-state index in [4.69, 9.17) is 14.6 Å². The zero-order valence-electron chi connectivity index (χ0n) is 9.74. The van der Waals surface area contributed by atoms with Crippen LogP contribution in [0.4, 0.5) is 4.79 Å². The number of hydrogen-bond donors (Lipinski definition) is 1. The van der Waals surface area contributed by atoms with Crippen LogP contribution in [0.2, 0.25) is 0 Å². The fraction of sp³-hybridized carbons (Fsp3) is 0.417. The van der Waals surface area contributed by atoms with Gasteiger partial charge in [-0.05, 0) is 43.0 Å². The van der Waals surface area contributed by atoms with Gasteiger partial charge in [-0.15, -0.1) is 0 Å². The number of benzene rings is 1. The van der Waals surface area contributed by atoms with Gasteiger partial charge in [0, 0.05) is 7.11 Å². The second kappa shape index (κ2) is 5.51. The number of methoxy groups -OCH3 is 1. The predicted molar refractivity (Wildman–Crippen MR) is 60.1 cm³/mol. The third kappa shape index (κ3) is 2.97. The molecule has 4 nitrogen and oxygen atoms in total. The Bertz CT molecular complexity index is 385. The van der Waals surface area contributed by atoms with E-state index in [1.54, 1.807) is 13.2 Å². The largest absolute Gasteiger partial charge is 0.511 e. The summed E-state index contributed by atoms with van der Waals surface area (Å²) in [6.45, 7) is 4.46. The van der Waals surface area contributed by atoms with Crippen LogP contribution in [0.15, 0.2) is 12.1 Å². The minimum Gasteiger partial charge on any atom is -0.449 e. The molecular formula is C12H16O4. The molecule has 0 bridgehead atoms. The molecule has 88 valence electrons. The van der Waals surface area contributed by atoms with Gasteiger partial charge < -0.3 is 14.6 Å². The Hall–Kier alpha value is -1.55. The summed E-state index contributed by atoms with van der Waals surface area (Å²) in [5.41, 5.74) is 3.06. The van der Waals surface area contributed by atoms with Crippen molar-refractivity contribution >= 4 is 6.16 Å². The summed E-state index contributed by atoms with van der Waals surface area (Å²) in [5.74, 6) is 0.393. The Balaban J connectivity index is 3.01. The molecule has 0 radical (unpaired) electrons. The van der Waals surface area contributed by atoms with Gasteiger partial charge in [-0.2, -0.15) is 0 Å². The van der Waals surface area contributed by atoms with E-state index >= 15 is 0 Å². The summed E-state index contributed by atoms with van der Waals surface area (Å²) in [7, 11) is 1.64. The molecule has 0 aliphatic rings. The number of aryl methyl sites for hydroxylation is 1. The molecule has 16 heavy (non-hydrogen) atoms. The molecule has 0 spiro atoms. The highest BCUT2D eigenvalue weighted by Gasteiger charge is 2.10. The molecule has 1 aromatic rings. The van der Waals surface area contributed by atoms with E-state index < -0.39 is 6.16 Å². The van der Waals surface area contributed by atoms with E-state index in [2.05, 4.69) is 0 Å². The third-order valence-electron chi connectivity index (χ3n) is 2.54. The predicted octanol–water partition coefficient (Wildman–Crippen LogP) is 2.55. The molecule has 1 rings (SSSR count). The van der Waals surface area contributed by atoms with Gasteiger partial charge in [0.1, 0.15) is 5.75 Å². The first kappa shape index (κ1) is 12.5. The summed E-state index contributed by atoms with van der Waals surface area (Å²) >= 11 is 0. The van der Waals surface area contributed by atoms with Crippen LogP contribution in [0, 0.1) is 13.8 Å². The molecule has 0 saturated carbocycles. The van der Waals surface area contributed by atoms with Crippen molar-refractivity contribution in [3.63, 3.8) is 0 Å². The van der Waals surface area contributed by atoms with Crippen molar-refractivity contribution < 1.29 is 19.4 Å². The Morgan fingerprint density at radius 2 is 2.06 bits per heavy atom. The van der Waals surface area contributed by atoms with Gasteiger partial charge in [0.25, 0.3) is 0 Å². The van der Waals surface area contributed by atoms with Gasteiger partial charge in [0.05, 0.1) is 6.61 Å². The van der Waals surface area contributed by atoms with Crippen molar-refractivity contribution in [1.82, 2.24) is 0 Å². The van der Waals surface area contributed by atoms with Crippen LogP contribution in [-0.4, -0.2) is 25.0 Å². The highest BCUT2D eigenvalue weighted by Crippen LogP contribution is 2.25. The van der Waals surface area contributed by atoms with Crippen LogP contribution in [0.3, 0.4) is 0 Å². The van der Waals surface area contributed by atoms with E-state index in [1.807, 2.05) is 19.9 Å². The number of rotatable bonds is 4. The minimum atomic E-state index is -1.29. The van der Waals surface area contributed by atoms with Gasteiger partial charge in [-0.25, -0.2) is 4.79 Å². The SMILES string of the molecule is COCCc1c(C)ccc(OC(=O)O)c1C. The van der Waals surface area contributed by atoms with Gasteiger partial charge in [0.2, 0.25) is 0 Å². The van der Waals surface area contributed by atoms with E-state index in [-0.39, 0.29) is 0 Å². The molecule has 0 amide bonds. The van der Waals surface area contributed by atoms with Crippen molar-refractivity contribution in [3.8, 4) is 5.75 Å². The number of hydrogen-bond acceptors (Lipinski definition) is 3. The van der Waals surface area contributed by atoms with Crippen molar-refractivity contribution in [2.75, 3.05) is 13.7 Å². The zero-order valence-corrected chi connectivity index (χ0v) is 9.74. The zero-order chi connectivity index (χ0) is 12.1. The smallest absolute Gasteiger partial charge is 0.449 e. The molecule has 0 aliphatic heterocycles. The summed E-state index contributed by atoms with van der Waals surface area (Å²) in [6.07, 6.45) is -0.532. The van der Waals surface area contributed by atoms with Gasteiger partial charge in [-0.1, -0.05) is 6.07 Å². The lowest BCUT2D eigenvalue weighted by atomic mass is 9.99. The Labute approximate surface area is 94.8 Å². The van der Waals surface area contributed by atoms with Crippen LogP contribution in [0.25, 0.3) is 0 Å². The summed E-state index contributed by atoms with van der Waals surface area (Å²) in [4.78, 5) is 10.5. The standard InChI is InChI=1S/C12H16O4/c1-8-4-5-11(16-12(13)14)9(2)10(8)6-7-15-3/h4-5H,6-7H2,1-3H3,(H,13,14). The lowest BCUT2D eigenvalue weighted by Gasteiger charge is -2.12. The van der Waals surface area contributed by atoms with Crippen molar-refractivity contribution in [2.24, 2.45) is 0 Å². The average molecular weight is 224 g/mol. The van der Waals surface area contributed by atoms with E-state index in [0.717, 1.165) is 23.1 Å². The van der Waals surface area contributed by atoms with Crippen LogP contribution < -0.4 is 4.74 Å². The van der Waals surface area contributed by atoms with Gasteiger partial charge >= 0.3 is 6.16 Å². The molecule has 1 aromatic carbocycles. The normalized spacial score (nSPS) is 10.2. The van der Waals surface area contributed by atoms with E-state index in [9.17, 15) is 4.79 Å². The van der Waals surface area contributed by atoms with Crippen molar-refractivity contribution in [2.45, 2.75) is 20.3 Å². The number of ether oxygens (including phenoxy) is 2. The first-order valence-corrected chi connectivity index (χ1v) is 5.05. The first-order chi connectivity index (χ1) is 7.56. The Kier molecular flexibility index (Phi) is 4.31. The maximum absolute atomic E-state index is 10.5. The second-order valence-corrected chi connectivity index (χ2v) is 3.59. The molecule has 0 saturated heterocycles. The lowest BCUT2D eigenvalue weighted by Crippen LogP contribution is -2.07. The molecule has 4 heteroatoms. The number of carboxylic acid groups (broad SMARTS) is 1. The summed E-state index contributed by atoms with van der Waals surface area (Å²) in [6, 6.07) is 3.53. The van der Waals surface area contributed by atoms with Crippen LogP contribution in [0.1, 0.15) is 16.7 Å². The van der Waals surface area contributed by atoms with Crippen LogP contribution in [-0.2, 0) is 11.2 Å². The quantitative estimate of drug-likeness (QED) is 0.630. The second-order valence-electron chi connectivity index (χ2n) is 3.59. The minimum absolute atomic E-state index is 0.393. The monoisotopic (exact) mass is 224 g/mol. The van der Waals surface area contributed by atoms with Crippen molar-refractivity contribution in [3.05, 3.63) is 28.8 Å². The fourth-order valence-electron chi connectivity index (χ4n) is 1.66. The average Bonchev–Trinajstić information content (AvgIpc) is 2.22. The Morgan fingerprint density at radius 3 is 2.62 bits per heavy atom. The van der Waals surface area contributed by atoms with Crippen LogP contribution in [0.5, 0.6) is 5.75 Å². The molecular weight excluding hydrogens is 208 g/mol. The molecule has 0 unspecified atom stereocenters.